The van der Waals surface area contributed by atoms with Crippen LogP contribution in [-0.4, -0.2) is 57.2 Å². The van der Waals surface area contributed by atoms with Gasteiger partial charge >= 0.3 is 0 Å². The van der Waals surface area contributed by atoms with E-state index in [0.29, 0.717) is 30.6 Å². The monoisotopic (exact) mass is 357 g/mol. The Morgan fingerprint density at radius 2 is 1.92 bits per heavy atom. The van der Waals surface area contributed by atoms with Crippen molar-refractivity contribution in [3.8, 4) is 11.5 Å². The smallest absolute Gasteiger partial charge is 0.234 e. The second-order valence-electron chi connectivity index (χ2n) is 5.90. The van der Waals surface area contributed by atoms with Gasteiger partial charge in [0.15, 0.2) is 11.5 Å². The Hall–Kier alpha value is -1.50. The van der Waals surface area contributed by atoms with Crippen LogP contribution >= 0.6 is 12.4 Å². The Kier molecular flexibility index (Phi) is 8.89. The zero-order valence-electron chi connectivity index (χ0n) is 14.4. The molecule has 0 aliphatic carbocycles. The fraction of sp³-hybridized carbons (Fsp3) is 0.588. The van der Waals surface area contributed by atoms with Gasteiger partial charge in [0.25, 0.3) is 0 Å². The van der Waals surface area contributed by atoms with Crippen molar-refractivity contribution in [2.45, 2.75) is 25.3 Å². The highest BCUT2D eigenvalue weighted by Gasteiger charge is 2.17. The van der Waals surface area contributed by atoms with E-state index in [9.17, 15) is 4.79 Å². The first kappa shape index (κ1) is 20.5. The molecule has 7 heteroatoms. The maximum atomic E-state index is 12.0. The lowest BCUT2D eigenvalue weighted by Crippen LogP contribution is -2.44. The van der Waals surface area contributed by atoms with Crippen molar-refractivity contribution in [3.05, 3.63) is 23.8 Å². The molecule has 1 saturated heterocycles. The predicted octanol–water partition coefficient (Wildman–Crippen LogP) is 1.21. The molecule has 0 bridgehead atoms. The second-order valence-corrected chi connectivity index (χ2v) is 5.90. The average molecular weight is 358 g/mol. The summed E-state index contributed by atoms with van der Waals surface area (Å²) in [5, 5.41) is 2.97. The zero-order chi connectivity index (χ0) is 16.7. The summed E-state index contributed by atoms with van der Waals surface area (Å²) < 4.78 is 10.5. The van der Waals surface area contributed by atoms with Crippen LogP contribution in [0.4, 0.5) is 0 Å². The first-order valence-corrected chi connectivity index (χ1v) is 8.08. The largest absolute Gasteiger partial charge is 0.493 e. The van der Waals surface area contributed by atoms with Gasteiger partial charge in [0.05, 0.1) is 20.8 Å². The van der Waals surface area contributed by atoms with E-state index >= 15 is 0 Å². The lowest BCUT2D eigenvalue weighted by atomic mass is 10.1. The lowest BCUT2D eigenvalue weighted by molar-refractivity contribution is -0.122. The molecule has 136 valence electrons. The number of piperidine rings is 1. The lowest BCUT2D eigenvalue weighted by Gasteiger charge is -2.29. The van der Waals surface area contributed by atoms with Crippen molar-refractivity contribution >= 4 is 18.3 Å². The van der Waals surface area contributed by atoms with E-state index in [1.54, 1.807) is 14.2 Å². The highest BCUT2D eigenvalue weighted by molar-refractivity contribution is 5.85. The molecule has 0 unspecified atom stereocenters. The fourth-order valence-corrected chi connectivity index (χ4v) is 2.75. The third kappa shape index (κ3) is 6.19. The molecule has 0 radical (unpaired) electrons. The number of nitrogens with zero attached hydrogens (tertiary/aromatic N) is 1. The normalized spacial score (nSPS) is 15.5. The number of carbonyl (C=O) groups excluding carboxylic acids is 1. The maximum absolute atomic E-state index is 12.0. The van der Waals surface area contributed by atoms with Crippen LogP contribution in [0.5, 0.6) is 11.5 Å². The van der Waals surface area contributed by atoms with Gasteiger partial charge in [-0.2, -0.15) is 0 Å². The molecular formula is C17H28ClN3O3. The van der Waals surface area contributed by atoms with Crippen molar-refractivity contribution in [2.24, 2.45) is 5.73 Å². The van der Waals surface area contributed by atoms with Crippen LogP contribution in [0.1, 0.15) is 18.4 Å². The summed E-state index contributed by atoms with van der Waals surface area (Å²) in [6, 6.07) is 6.10. The highest BCUT2D eigenvalue weighted by Crippen LogP contribution is 2.27. The topological polar surface area (TPSA) is 76.8 Å². The molecule has 0 saturated carbocycles. The van der Waals surface area contributed by atoms with E-state index < -0.39 is 0 Å². The molecule has 1 aliphatic rings. The molecule has 0 atom stereocenters. The first-order chi connectivity index (χ1) is 11.1. The van der Waals surface area contributed by atoms with E-state index in [1.165, 1.54) is 0 Å². The molecule has 1 amide bonds. The molecule has 3 N–H and O–H groups in total. The molecule has 6 nitrogen and oxygen atoms in total. The van der Waals surface area contributed by atoms with Crippen molar-refractivity contribution in [1.29, 1.82) is 0 Å². The molecule has 2 rings (SSSR count). The van der Waals surface area contributed by atoms with Gasteiger partial charge in [0.1, 0.15) is 0 Å². The Morgan fingerprint density at radius 3 is 2.54 bits per heavy atom. The molecule has 1 aromatic rings. The van der Waals surface area contributed by atoms with Gasteiger partial charge in [-0.1, -0.05) is 6.07 Å². The average Bonchev–Trinajstić information content (AvgIpc) is 2.56. The minimum absolute atomic E-state index is 0. The number of hydrogen-bond acceptors (Lipinski definition) is 5. The van der Waals surface area contributed by atoms with E-state index in [-0.39, 0.29) is 18.3 Å². The maximum Gasteiger partial charge on any atom is 0.234 e. The van der Waals surface area contributed by atoms with Crippen LogP contribution in [0, 0.1) is 0 Å². The van der Waals surface area contributed by atoms with Crippen molar-refractivity contribution in [3.63, 3.8) is 0 Å². The van der Waals surface area contributed by atoms with Crippen LogP contribution in [0.2, 0.25) is 0 Å². The van der Waals surface area contributed by atoms with Crippen LogP contribution < -0.4 is 20.5 Å². The summed E-state index contributed by atoms with van der Waals surface area (Å²) in [7, 11) is 3.24. The quantitative estimate of drug-likeness (QED) is 0.767. The number of rotatable bonds is 7. The number of nitrogens with one attached hydrogen (secondary N) is 1. The molecule has 1 fully saturated rings. The van der Waals surface area contributed by atoms with Gasteiger partial charge < -0.3 is 20.5 Å². The number of halogens is 1. The molecular weight excluding hydrogens is 330 g/mol. The number of hydrogen-bond donors (Lipinski definition) is 2. The molecule has 1 heterocycles. The minimum atomic E-state index is 0. The number of amides is 1. The molecule has 0 aromatic heterocycles. The van der Waals surface area contributed by atoms with Crippen molar-refractivity contribution in [1.82, 2.24) is 10.2 Å². The number of likely N-dealkylation sites (tertiary alicyclic amines) is 1. The van der Waals surface area contributed by atoms with Crippen molar-refractivity contribution < 1.29 is 14.3 Å². The van der Waals surface area contributed by atoms with Gasteiger partial charge in [-0.05, 0) is 37.0 Å². The van der Waals surface area contributed by atoms with Crippen LogP contribution in [-0.2, 0) is 11.2 Å². The SMILES string of the molecule is COc1ccc(CCNC(=O)CN2CCC(N)CC2)cc1OC.Cl. The number of methoxy groups -OCH3 is 2. The van der Waals surface area contributed by atoms with E-state index in [4.69, 9.17) is 15.2 Å². The van der Waals surface area contributed by atoms with Crippen molar-refractivity contribution in [2.75, 3.05) is 40.4 Å². The number of nitrogens with two attached hydrogens (primary N) is 1. The Balaban J connectivity index is 0.00000288. The Bertz CT molecular complexity index is 520. The van der Waals surface area contributed by atoms with E-state index in [1.807, 2.05) is 18.2 Å². The van der Waals surface area contributed by atoms with Gasteiger partial charge in [-0.15, -0.1) is 12.4 Å². The van der Waals surface area contributed by atoms with Crippen LogP contribution in [0.3, 0.4) is 0 Å². The number of ether oxygens (including phenoxy) is 2. The minimum Gasteiger partial charge on any atom is -0.493 e. The molecule has 1 aromatic carbocycles. The molecule has 1 aliphatic heterocycles. The van der Waals surface area contributed by atoms with Crippen LogP contribution in [0.25, 0.3) is 0 Å². The third-order valence-corrected chi connectivity index (χ3v) is 4.18. The summed E-state index contributed by atoms with van der Waals surface area (Å²) in [5.41, 5.74) is 6.97. The van der Waals surface area contributed by atoms with Gasteiger partial charge in [0.2, 0.25) is 5.91 Å². The standard InChI is InChI=1S/C17H27N3O3.ClH/c1-22-15-4-3-13(11-16(15)23-2)5-8-19-17(21)12-20-9-6-14(18)7-10-20;/h3-4,11,14H,5-10,12,18H2,1-2H3,(H,19,21);1H. The first-order valence-electron chi connectivity index (χ1n) is 8.08. The summed E-state index contributed by atoms with van der Waals surface area (Å²) in [5.74, 6) is 1.49. The molecule has 0 spiro atoms. The third-order valence-electron chi connectivity index (χ3n) is 4.18. The summed E-state index contributed by atoms with van der Waals surface area (Å²) >= 11 is 0. The van der Waals surface area contributed by atoms with Gasteiger partial charge in [-0.3, -0.25) is 9.69 Å². The van der Waals surface area contributed by atoms with Gasteiger partial charge in [0, 0.05) is 25.7 Å². The number of benzene rings is 1. The Labute approximate surface area is 150 Å². The zero-order valence-corrected chi connectivity index (χ0v) is 15.2. The van der Waals surface area contributed by atoms with E-state index in [0.717, 1.165) is 37.9 Å². The summed E-state index contributed by atoms with van der Waals surface area (Å²) in [6.45, 7) is 2.88. The van der Waals surface area contributed by atoms with Crippen LogP contribution in [0.15, 0.2) is 18.2 Å². The number of carbonyl (C=O) groups is 1. The Morgan fingerprint density at radius 1 is 1.25 bits per heavy atom. The molecule has 24 heavy (non-hydrogen) atoms. The van der Waals surface area contributed by atoms with E-state index in [2.05, 4.69) is 10.2 Å². The highest BCUT2D eigenvalue weighted by atomic mass is 35.5. The van der Waals surface area contributed by atoms with Gasteiger partial charge in [-0.25, -0.2) is 0 Å². The summed E-state index contributed by atoms with van der Waals surface area (Å²) in [4.78, 5) is 14.1. The summed E-state index contributed by atoms with van der Waals surface area (Å²) in [6.07, 6.45) is 2.70. The fourth-order valence-electron chi connectivity index (χ4n) is 2.75. The predicted molar refractivity (Wildman–Crippen MR) is 97.2 cm³/mol. The second kappa shape index (κ2) is 10.4.